The van der Waals surface area contributed by atoms with Gasteiger partial charge in [-0.3, -0.25) is 0 Å². The minimum absolute atomic E-state index is 0.107. The molecule has 0 amide bonds. The van der Waals surface area contributed by atoms with Crippen LogP contribution in [0.4, 0.5) is 17.1 Å². The van der Waals surface area contributed by atoms with Gasteiger partial charge in [0.05, 0.1) is 37.8 Å². The first kappa shape index (κ1) is 31.8. The standard InChI is InChI=1S/C53H33BN4S/c1-32-29-44-47-45(30-32)58-49-40(53-52(58)38-21-11-12-26-46(38)59-53)23-14-25-42(49)54(47)41-24-13-22-39-48(41)57(44)50-37-28-27-36(31-43(37)56(51(39)50)35-19-9-4-10-20-35)55(33-15-5-2-6-16-33)34-17-7-3-8-18-34/h2-31H,1H3. The lowest BCUT2D eigenvalue weighted by Gasteiger charge is -2.34. The average Bonchev–Trinajstić information content (AvgIpc) is 4.02. The SMILES string of the molecule is Cc1cc2c3c(c1)-n1c4c(cccc4c4c1c1ccc(N(c5ccccc5)c5ccccc5)cc1n4-c1ccccc1)B3c1cccc3c4sc5ccccc5c4n-2c13. The van der Waals surface area contributed by atoms with Crippen molar-refractivity contribution in [1.29, 1.82) is 0 Å². The topological polar surface area (TPSA) is 18.0 Å². The number of fused-ring (bicyclic) bond motifs is 14. The molecule has 4 nitrogen and oxygen atoms in total. The fourth-order valence-corrected chi connectivity index (χ4v) is 12.0. The highest BCUT2D eigenvalue weighted by Gasteiger charge is 2.42. The summed E-state index contributed by atoms with van der Waals surface area (Å²) in [4.78, 5) is 2.37. The molecule has 274 valence electrons. The molecule has 0 N–H and O–H groups in total. The maximum Gasteiger partial charge on any atom is 0.252 e. The molecule has 14 rings (SSSR count). The van der Waals surface area contributed by atoms with Gasteiger partial charge in [0.1, 0.15) is 0 Å². The zero-order valence-electron chi connectivity index (χ0n) is 32.1. The number of benzene rings is 8. The predicted molar refractivity (Wildman–Crippen MR) is 251 cm³/mol. The van der Waals surface area contributed by atoms with Gasteiger partial charge in [0.2, 0.25) is 0 Å². The lowest BCUT2D eigenvalue weighted by Crippen LogP contribution is -2.59. The second-order valence-electron chi connectivity index (χ2n) is 16.2. The van der Waals surface area contributed by atoms with Crippen LogP contribution >= 0.6 is 11.3 Å². The van der Waals surface area contributed by atoms with Gasteiger partial charge in [-0.15, -0.1) is 11.3 Å². The van der Waals surface area contributed by atoms with E-state index in [-0.39, 0.29) is 6.71 Å². The van der Waals surface area contributed by atoms with Crippen molar-refractivity contribution in [3.63, 3.8) is 0 Å². The molecule has 2 aliphatic heterocycles. The first-order chi connectivity index (χ1) is 29.2. The number of thiophene rings is 1. The normalized spacial score (nSPS) is 12.8. The van der Waals surface area contributed by atoms with Crippen LogP contribution in [-0.2, 0) is 0 Å². The molecule has 4 aromatic heterocycles. The van der Waals surface area contributed by atoms with Crippen molar-refractivity contribution in [3.05, 3.63) is 188 Å². The van der Waals surface area contributed by atoms with Crippen LogP contribution in [0.15, 0.2) is 182 Å². The molecule has 12 aromatic rings. The molecule has 0 saturated heterocycles. The van der Waals surface area contributed by atoms with Crippen LogP contribution in [0.2, 0.25) is 0 Å². The average molecular weight is 769 g/mol. The van der Waals surface area contributed by atoms with E-state index >= 15 is 0 Å². The molecule has 0 radical (unpaired) electrons. The van der Waals surface area contributed by atoms with Gasteiger partial charge in [0, 0.05) is 60.4 Å². The van der Waals surface area contributed by atoms with Crippen LogP contribution in [0.5, 0.6) is 0 Å². The van der Waals surface area contributed by atoms with Crippen molar-refractivity contribution in [3.8, 4) is 17.1 Å². The smallest absolute Gasteiger partial charge is 0.252 e. The highest BCUT2D eigenvalue weighted by Crippen LogP contribution is 2.47. The Morgan fingerprint density at radius 2 is 1.02 bits per heavy atom. The molecule has 0 fully saturated rings. The second-order valence-corrected chi connectivity index (χ2v) is 17.2. The van der Waals surface area contributed by atoms with E-state index in [1.165, 1.54) is 97.4 Å². The maximum absolute atomic E-state index is 2.63. The van der Waals surface area contributed by atoms with Crippen molar-refractivity contribution < 1.29 is 0 Å². The Kier molecular flexibility index (Phi) is 6.16. The summed E-state index contributed by atoms with van der Waals surface area (Å²) in [5.74, 6) is 0. The van der Waals surface area contributed by atoms with Gasteiger partial charge in [-0.2, -0.15) is 0 Å². The van der Waals surface area contributed by atoms with Crippen molar-refractivity contribution in [2.45, 2.75) is 6.92 Å². The van der Waals surface area contributed by atoms with Crippen LogP contribution in [0, 0.1) is 6.92 Å². The third kappa shape index (κ3) is 4.04. The van der Waals surface area contributed by atoms with Gasteiger partial charge in [-0.05, 0) is 102 Å². The molecule has 2 aliphatic rings. The Hall–Kier alpha value is -7.28. The fraction of sp³-hybridized carbons (Fsp3) is 0.0189. The predicted octanol–water partition coefficient (Wildman–Crippen LogP) is 12.0. The van der Waals surface area contributed by atoms with E-state index in [0.29, 0.717) is 0 Å². The minimum Gasteiger partial charge on any atom is -0.310 e. The van der Waals surface area contributed by atoms with Crippen LogP contribution in [-0.4, -0.2) is 20.4 Å². The largest absolute Gasteiger partial charge is 0.310 e. The van der Waals surface area contributed by atoms with Crippen LogP contribution in [0.25, 0.3) is 81.1 Å². The van der Waals surface area contributed by atoms with Crippen molar-refractivity contribution in [2.24, 2.45) is 0 Å². The molecule has 0 spiro atoms. The second kappa shape index (κ2) is 11.4. The van der Waals surface area contributed by atoms with Crippen LogP contribution in [0.1, 0.15) is 5.56 Å². The van der Waals surface area contributed by atoms with Gasteiger partial charge in [-0.25, -0.2) is 0 Å². The number of hydrogen-bond donors (Lipinski definition) is 0. The highest BCUT2D eigenvalue weighted by atomic mass is 32.1. The molecule has 6 heteroatoms. The summed E-state index contributed by atoms with van der Waals surface area (Å²) < 4.78 is 10.5. The minimum atomic E-state index is 0.107. The summed E-state index contributed by atoms with van der Waals surface area (Å²) in [6.45, 7) is 2.38. The monoisotopic (exact) mass is 768 g/mol. The number of nitrogens with zero attached hydrogens (tertiary/aromatic N) is 4. The number of anilines is 3. The number of aryl methyl sites for hydroxylation is 1. The lowest BCUT2D eigenvalue weighted by atomic mass is 9.34. The quantitative estimate of drug-likeness (QED) is 0.163. The van der Waals surface area contributed by atoms with E-state index in [0.717, 1.165) is 22.7 Å². The van der Waals surface area contributed by atoms with E-state index in [1.54, 1.807) is 0 Å². The fourth-order valence-electron chi connectivity index (χ4n) is 10.8. The van der Waals surface area contributed by atoms with Crippen molar-refractivity contribution in [2.75, 3.05) is 4.90 Å². The molecule has 8 aromatic carbocycles. The Morgan fingerprint density at radius 1 is 0.441 bits per heavy atom. The first-order valence-corrected chi connectivity index (χ1v) is 21.2. The van der Waals surface area contributed by atoms with Gasteiger partial charge in [0.25, 0.3) is 6.71 Å². The van der Waals surface area contributed by atoms with Crippen LogP contribution in [0.3, 0.4) is 0 Å². The Bertz CT molecular complexity index is 3700. The van der Waals surface area contributed by atoms with E-state index in [4.69, 9.17) is 0 Å². The van der Waals surface area contributed by atoms with Gasteiger partial charge < -0.3 is 18.6 Å². The third-order valence-electron chi connectivity index (χ3n) is 13.0. The summed E-state index contributed by atoms with van der Waals surface area (Å²) in [5.41, 5.74) is 20.1. The number of hydrogen-bond acceptors (Lipinski definition) is 2. The summed E-state index contributed by atoms with van der Waals surface area (Å²) in [6, 6.07) is 67.3. The van der Waals surface area contributed by atoms with E-state index in [9.17, 15) is 0 Å². The van der Waals surface area contributed by atoms with Crippen LogP contribution < -0.4 is 21.3 Å². The number of rotatable bonds is 4. The van der Waals surface area contributed by atoms with Crippen molar-refractivity contribution >= 4 is 116 Å². The van der Waals surface area contributed by atoms with E-state index in [2.05, 4.69) is 208 Å². The lowest BCUT2D eigenvalue weighted by molar-refractivity contribution is 1.14. The third-order valence-corrected chi connectivity index (χ3v) is 14.2. The highest BCUT2D eigenvalue weighted by molar-refractivity contribution is 7.26. The Labute approximate surface area is 344 Å². The Balaban J connectivity index is 1.13. The molecule has 6 heterocycles. The molecular formula is C53H33BN4S. The Morgan fingerprint density at radius 3 is 1.73 bits per heavy atom. The molecule has 0 bridgehead atoms. The number of para-hydroxylation sites is 5. The van der Waals surface area contributed by atoms with E-state index < -0.39 is 0 Å². The summed E-state index contributed by atoms with van der Waals surface area (Å²) in [6.07, 6.45) is 0. The molecule has 0 atom stereocenters. The molecule has 0 aliphatic carbocycles. The summed E-state index contributed by atoms with van der Waals surface area (Å²) in [5, 5.41) is 5.18. The van der Waals surface area contributed by atoms with Gasteiger partial charge in [-0.1, -0.05) is 109 Å². The first-order valence-electron chi connectivity index (χ1n) is 20.4. The van der Waals surface area contributed by atoms with Gasteiger partial charge in [0.15, 0.2) is 0 Å². The molecule has 0 unspecified atom stereocenters. The zero-order chi connectivity index (χ0) is 38.5. The molecule has 59 heavy (non-hydrogen) atoms. The number of aromatic nitrogens is 3. The summed E-state index contributed by atoms with van der Waals surface area (Å²) >= 11 is 1.93. The molecular weight excluding hydrogens is 735 g/mol. The van der Waals surface area contributed by atoms with Gasteiger partial charge >= 0.3 is 0 Å². The zero-order valence-corrected chi connectivity index (χ0v) is 32.9. The van der Waals surface area contributed by atoms with E-state index in [1.807, 2.05) is 11.3 Å². The summed E-state index contributed by atoms with van der Waals surface area (Å²) in [7, 11) is 0. The maximum atomic E-state index is 2.63. The van der Waals surface area contributed by atoms with Crippen molar-refractivity contribution in [1.82, 2.24) is 13.7 Å². The molecule has 0 saturated carbocycles.